The van der Waals surface area contributed by atoms with Gasteiger partial charge in [-0.15, -0.1) is 0 Å². The van der Waals surface area contributed by atoms with E-state index in [1.807, 2.05) is 31.2 Å². The normalized spacial score (nSPS) is 12.4. The second-order valence-corrected chi connectivity index (χ2v) is 8.49. The second-order valence-electron chi connectivity index (χ2n) is 8.49. The van der Waals surface area contributed by atoms with Crippen molar-refractivity contribution in [2.75, 3.05) is 6.54 Å². The first-order chi connectivity index (χ1) is 17.9. The van der Waals surface area contributed by atoms with Crippen molar-refractivity contribution < 1.29 is 18.3 Å². The van der Waals surface area contributed by atoms with Gasteiger partial charge in [-0.2, -0.15) is 13.9 Å². The lowest BCUT2D eigenvalue weighted by atomic mass is 9.97. The Morgan fingerprint density at radius 2 is 1.92 bits per heavy atom. The predicted octanol–water partition coefficient (Wildman–Crippen LogP) is 4.69. The first-order valence-corrected chi connectivity index (χ1v) is 11.7. The van der Waals surface area contributed by atoms with Gasteiger partial charge in [-0.3, -0.25) is 10.1 Å². The molecule has 0 bridgehead atoms. The van der Waals surface area contributed by atoms with Crippen LogP contribution in [0.15, 0.2) is 70.5 Å². The number of nitrogens with zero attached hydrogens (tertiary/aromatic N) is 2. The number of ether oxygens (including phenoxy) is 1. The van der Waals surface area contributed by atoms with Gasteiger partial charge in [-0.25, -0.2) is 14.9 Å². The lowest BCUT2D eigenvalue weighted by Gasteiger charge is -2.14. The Labute approximate surface area is 210 Å². The molecule has 4 aromatic rings. The van der Waals surface area contributed by atoms with Gasteiger partial charge in [0.1, 0.15) is 11.6 Å². The van der Waals surface area contributed by atoms with E-state index in [-0.39, 0.29) is 17.3 Å². The second kappa shape index (κ2) is 10.2. The standard InChI is InChI=1S/C27H23F2N5O3/c1-2-30-27(36)32-24-14-17-9-8-16(13-21(17)31-24)20-11-15(7-10-23(20)37-26(28)29)12-22-18-5-3-4-6-19(18)25(35)34-33-22/h3-11,13,26H,2,12,14H2,1H3,(H,34,35)(H2,30,31,32,36). The van der Waals surface area contributed by atoms with E-state index in [9.17, 15) is 18.4 Å². The van der Waals surface area contributed by atoms with Crippen molar-refractivity contribution >= 4 is 28.3 Å². The Balaban J connectivity index is 1.50. The maximum absolute atomic E-state index is 13.2. The summed E-state index contributed by atoms with van der Waals surface area (Å²) in [5.41, 5.74) is 3.83. The maximum atomic E-state index is 13.2. The number of amidine groups is 1. The first kappa shape index (κ1) is 24.1. The molecule has 0 radical (unpaired) electrons. The fraction of sp³-hybridized carbons (Fsp3) is 0.185. The number of aliphatic imine (C=N–C) groups is 1. The minimum absolute atomic E-state index is 0.0284. The lowest BCUT2D eigenvalue weighted by molar-refractivity contribution is -0.0494. The molecule has 37 heavy (non-hydrogen) atoms. The highest BCUT2D eigenvalue weighted by Crippen LogP contribution is 2.37. The van der Waals surface area contributed by atoms with Crippen LogP contribution in [0, 0.1) is 0 Å². The average molecular weight is 504 g/mol. The number of H-pyrrole nitrogens is 1. The maximum Gasteiger partial charge on any atom is 0.387 e. The van der Waals surface area contributed by atoms with Crippen LogP contribution in [0.3, 0.4) is 0 Å². The number of aromatic nitrogens is 2. The number of benzene rings is 3. The number of nitrogens with one attached hydrogen (secondary N) is 3. The van der Waals surface area contributed by atoms with Crippen molar-refractivity contribution in [1.82, 2.24) is 20.8 Å². The summed E-state index contributed by atoms with van der Waals surface area (Å²) < 4.78 is 31.2. The highest BCUT2D eigenvalue weighted by molar-refractivity contribution is 6.02. The van der Waals surface area contributed by atoms with E-state index in [2.05, 4.69) is 25.8 Å². The summed E-state index contributed by atoms with van der Waals surface area (Å²) in [4.78, 5) is 28.5. The van der Waals surface area contributed by atoms with E-state index < -0.39 is 6.61 Å². The Kier molecular flexibility index (Phi) is 6.63. The average Bonchev–Trinajstić information content (AvgIpc) is 3.28. The highest BCUT2D eigenvalue weighted by atomic mass is 19.3. The summed E-state index contributed by atoms with van der Waals surface area (Å²) in [6, 6.07) is 17.3. The molecule has 188 valence electrons. The zero-order valence-electron chi connectivity index (χ0n) is 19.8. The molecule has 8 nitrogen and oxygen atoms in total. The molecule has 5 rings (SSSR count). The van der Waals surface area contributed by atoms with Crippen LogP contribution in [0.25, 0.3) is 21.9 Å². The summed E-state index contributed by atoms with van der Waals surface area (Å²) in [6.07, 6.45) is 0.821. The van der Waals surface area contributed by atoms with Crippen molar-refractivity contribution in [3.8, 4) is 16.9 Å². The van der Waals surface area contributed by atoms with Crippen molar-refractivity contribution in [2.24, 2.45) is 4.99 Å². The molecule has 2 heterocycles. The molecule has 0 saturated carbocycles. The summed E-state index contributed by atoms with van der Waals surface area (Å²) in [7, 11) is 0. The number of hydrogen-bond acceptors (Lipinski definition) is 5. The zero-order chi connectivity index (χ0) is 25.9. The van der Waals surface area contributed by atoms with Gasteiger partial charge >= 0.3 is 12.6 Å². The lowest BCUT2D eigenvalue weighted by Crippen LogP contribution is -2.39. The van der Waals surface area contributed by atoms with Gasteiger partial charge in [0, 0.05) is 30.3 Å². The van der Waals surface area contributed by atoms with Crippen molar-refractivity contribution in [2.45, 2.75) is 26.4 Å². The van der Waals surface area contributed by atoms with E-state index >= 15 is 0 Å². The molecule has 1 aliphatic rings. The number of carbonyl (C=O) groups excluding carboxylic acids is 1. The van der Waals surface area contributed by atoms with Crippen LogP contribution in [0.4, 0.5) is 19.3 Å². The number of carbonyl (C=O) groups is 1. The van der Waals surface area contributed by atoms with Gasteiger partial charge < -0.3 is 10.1 Å². The smallest absolute Gasteiger partial charge is 0.387 e. The highest BCUT2D eigenvalue weighted by Gasteiger charge is 2.19. The van der Waals surface area contributed by atoms with Crippen LogP contribution in [0.1, 0.15) is 23.7 Å². The first-order valence-electron chi connectivity index (χ1n) is 11.7. The monoisotopic (exact) mass is 503 g/mol. The fourth-order valence-electron chi connectivity index (χ4n) is 4.37. The van der Waals surface area contributed by atoms with Crippen LogP contribution in [-0.2, 0) is 12.8 Å². The number of hydrogen-bond donors (Lipinski definition) is 3. The number of amides is 2. The molecule has 0 aliphatic carbocycles. The third-order valence-electron chi connectivity index (χ3n) is 6.01. The molecule has 1 aromatic heterocycles. The topological polar surface area (TPSA) is 108 Å². The molecule has 3 aromatic carbocycles. The zero-order valence-corrected chi connectivity index (χ0v) is 19.8. The van der Waals surface area contributed by atoms with Crippen LogP contribution in [0.5, 0.6) is 5.75 Å². The summed E-state index contributed by atoms with van der Waals surface area (Å²) >= 11 is 0. The molecule has 0 spiro atoms. The van der Waals surface area contributed by atoms with Gasteiger partial charge in [0.25, 0.3) is 5.56 Å². The molecule has 0 atom stereocenters. The SMILES string of the molecule is CCNC(=O)NC1=Nc2cc(-c3cc(Cc4n[nH]c(=O)c5ccccc45)ccc3OC(F)F)ccc2C1. The number of aromatic amines is 1. The van der Waals surface area contributed by atoms with Crippen LogP contribution in [0.2, 0.25) is 0 Å². The van der Waals surface area contributed by atoms with E-state index in [0.717, 1.165) is 16.5 Å². The van der Waals surface area contributed by atoms with Gasteiger partial charge in [0.05, 0.1) is 16.8 Å². The van der Waals surface area contributed by atoms with Gasteiger partial charge in [0.15, 0.2) is 0 Å². The minimum Gasteiger partial charge on any atom is -0.434 e. The van der Waals surface area contributed by atoms with E-state index in [1.54, 1.807) is 30.3 Å². The Hall–Kier alpha value is -4.60. The minimum atomic E-state index is -2.99. The van der Waals surface area contributed by atoms with Crippen molar-refractivity contribution in [3.63, 3.8) is 0 Å². The largest absolute Gasteiger partial charge is 0.434 e. The number of fused-ring (bicyclic) bond motifs is 2. The Bertz CT molecular complexity index is 1580. The number of halogens is 2. The van der Waals surface area contributed by atoms with E-state index in [1.165, 1.54) is 6.07 Å². The molecular formula is C27H23F2N5O3. The van der Waals surface area contributed by atoms with E-state index in [4.69, 9.17) is 4.74 Å². The molecule has 3 N–H and O–H groups in total. The molecule has 0 unspecified atom stereocenters. The molecule has 0 fully saturated rings. The predicted molar refractivity (Wildman–Crippen MR) is 137 cm³/mol. The van der Waals surface area contributed by atoms with Crippen molar-refractivity contribution in [1.29, 1.82) is 0 Å². The third-order valence-corrected chi connectivity index (χ3v) is 6.01. The Morgan fingerprint density at radius 1 is 1.11 bits per heavy atom. The summed E-state index contributed by atoms with van der Waals surface area (Å²) in [6.45, 7) is -0.682. The van der Waals surface area contributed by atoms with Crippen LogP contribution < -0.4 is 20.9 Å². The quantitative estimate of drug-likeness (QED) is 0.355. The van der Waals surface area contributed by atoms with E-state index in [0.29, 0.717) is 53.1 Å². The van der Waals surface area contributed by atoms with Crippen LogP contribution in [-0.4, -0.2) is 35.2 Å². The van der Waals surface area contributed by atoms with Gasteiger partial charge in [-0.1, -0.05) is 36.4 Å². The van der Waals surface area contributed by atoms with Gasteiger partial charge in [0.2, 0.25) is 0 Å². The van der Waals surface area contributed by atoms with Gasteiger partial charge in [-0.05, 0) is 47.9 Å². The Morgan fingerprint density at radius 3 is 2.70 bits per heavy atom. The van der Waals surface area contributed by atoms with Crippen LogP contribution >= 0.6 is 0 Å². The number of alkyl halides is 2. The molecule has 0 saturated heterocycles. The van der Waals surface area contributed by atoms with Crippen molar-refractivity contribution in [3.05, 3.63) is 87.8 Å². The third kappa shape index (κ3) is 5.18. The molecule has 1 aliphatic heterocycles. The molecular weight excluding hydrogens is 480 g/mol. The number of urea groups is 1. The summed E-state index contributed by atoms with van der Waals surface area (Å²) in [5, 5.41) is 13.4. The molecule has 10 heteroatoms. The molecule has 2 amide bonds. The summed E-state index contributed by atoms with van der Waals surface area (Å²) in [5.74, 6) is 0.535. The fourth-order valence-corrected chi connectivity index (χ4v) is 4.37. The number of rotatable bonds is 6.